The van der Waals surface area contributed by atoms with Gasteiger partial charge in [0.1, 0.15) is 24.7 Å². The van der Waals surface area contributed by atoms with Gasteiger partial charge in [-0.2, -0.15) is 0 Å². The Morgan fingerprint density at radius 3 is 1.50 bits per heavy atom. The number of ether oxygens (including phenoxy) is 4. The molecule has 0 atom stereocenters. The second-order valence-corrected chi connectivity index (χ2v) is 5.72. The van der Waals surface area contributed by atoms with Crippen molar-refractivity contribution in [3.05, 3.63) is 19.3 Å². The molecule has 0 aromatic heterocycles. The maximum Gasteiger partial charge on any atom is 0.134 e. The highest BCUT2D eigenvalue weighted by molar-refractivity contribution is 14.1. The molecule has 0 radical (unpaired) electrons. The minimum absolute atomic E-state index is 0.548. The van der Waals surface area contributed by atoms with Crippen molar-refractivity contribution in [2.45, 2.75) is 0 Å². The topological polar surface area (TPSA) is 36.9 Å². The van der Waals surface area contributed by atoms with Crippen LogP contribution >= 0.6 is 45.2 Å². The summed E-state index contributed by atoms with van der Waals surface area (Å²) in [6, 6.07) is 3.94. The number of hydrogen-bond donors (Lipinski definition) is 0. The highest BCUT2D eigenvalue weighted by Crippen LogP contribution is 2.31. The SMILES string of the molecule is COCCOc1cc(I)c(OCCOC)cc1I. The van der Waals surface area contributed by atoms with Crippen LogP contribution in [0.25, 0.3) is 0 Å². The fourth-order valence-electron chi connectivity index (χ4n) is 1.20. The first-order chi connectivity index (χ1) is 8.69. The minimum atomic E-state index is 0.548. The van der Waals surface area contributed by atoms with E-state index in [0.717, 1.165) is 18.6 Å². The molecular weight excluding hydrogens is 462 g/mol. The van der Waals surface area contributed by atoms with Gasteiger partial charge in [-0.05, 0) is 57.3 Å². The molecule has 0 saturated heterocycles. The summed E-state index contributed by atoms with van der Waals surface area (Å²) in [6.07, 6.45) is 0. The van der Waals surface area contributed by atoms with E-state index >= 15 is 0 Å². The quantitative estimate of drug-likeness (QED) is 0.426. The van der Waals surface area contributed by atoms with Crippen molar-refractivity contribution in [3.63, 3.8) is 0 Å². The Labute approximate surface area is 135 Å². The van der Waals surface area contributed by atoms with Crippen molar-refractivity contribution in [1.29, 1.82) is 0 Å². The van der Waals surface area contributed by atoms with Crippen LogP contribution in [0.3, 0.4) is 0 Å². The zero-order valence-corrected chi connectivity index (χ0v) is 14.7. The van der Waals surface area contributed by atoms with Gasteiger partial charge in [-0.1, -0.05) is 0 Å². The van der Waals surface area contributed by atoms with Gasteiger partial charge in [-0.25, -0.2) is 0 Å². The molecule has 0 aliphatic heterocycles. The van der Waals surface area contributed by atoms with Crippen LogP contribution in [-0.2, 0) is 9.47 Å². The van der Waals surface area contributed by atoms with Crippen LogP contribution in [0.1, 0.15) is 0 Å². The lowest BCUT2D eigenvalue weighted by molar-refractivity contribution is 0.143. The smallest absolute Gasteiger partial charge is 0.134 e. The molecule has 0 fully saturated rings. The molecule has 0 N–H and O–H groups in total. The lowest BCUT2D eigenvalue weighted by atomic mass is 10.3. The number of halogens is 2. The van der Waals surface area contributed by atoms with Crippen molar-refractivity contribution in [3.8, 4) is 11.5 Å². The Hall–Kier alpha value is 0.200. The van der Waals surface area contributed by atoms with Gasteiger partial charge in [-0.15, -0.1) is 0 Å². The molecule has 4 nitrogen and oxygen atoms in total. The standard InChI is InChI=1S/C12H16I2O4/c1-15-3-5-17-11-7-10(14)12(8-9(11)13)18-6-4-16-2/h7-8H,3-6H2,1-2H3. The third-order valence-electron chi connectivity index (χ3n) is 2.08. The second-order valence-electron chi connectivity index (χ2n) is 3.40. The number of methoxy groups -OCH3 is 2. The van der Waals surface area contributed by atoms with Crippen molar-refractivity contribution in [1.82, 2.24) is 0 Å². The highest BCUT2D eigenvalue weighted by atomic mass is 127. The van der Waals surface area contributed by atoms with Gasteiger partial charge in [0.05, 0.1) is 20.4 Å². The summed E-state index contributed by atoms with van der Waals surface area (Å²) in [6.45, 7) is 2.26. The predicted molar refractivity (Wildman–Crippen MR) is 86.6 cm³/mol. The molecule has 1 aromatic rings. The van der Waals surface area contributed by atoms with Crippen LogP contribution in [-0.4, -0.2) is 40.6 Å². The third-order valence-corrected chi connectivity index (χ3v) is 3.76. The average molecular weight is 478 g/mol. The van der Waals surface area contributed by atoms with E-state index in [4.69, 9.17) is 18.9 Å². The van der Waals surface area contributed by atoms with Crippen LogP contribution in [0.2, 0.25) is 0 Å². The molecule has 1 aromatic carbocycles. The average Bonchev–Trinajstić information content (AvgIpc) is 2.35. The molecule has 0 unspecified atom stereocenters. The van der Waals surface area contributed by atoms with E-state index in [-0.39, 0.29) is 0 Å². The van der Waals surface area contributed by atoms with E-state index in [1.807, 2.05) is 12.1 Å². The van der Waals surface area contributed by atoms with Crippen LogP contribution in [0.5, 0.6) is 11.5 Å². The zero-order chi connectivity index (χ0) is 13.4. The normalized spacial score (nSPS) is 10.4. The molecule has 18 heavy (non-hydrogen) atoms. The first kappa shape index (κ1) is 16.3. The molecule has 0 bridgehead atoms. The number of rotatable bonds is 8. The summed E-state index contributed by atoms with van der Waals surface area (Å²) in [5, 5.41) is 0. The summed E-state index contributed by atoms with van der Waals surface area (Å²) >= 11 is 4.47. The number of benzene rings is 1. The molecule has 1 rings (SSSR count). The molecule has 102 valence electrons. The van der Waals surface area contributed by atoms with Gasteiger partial charge < -0.3 is 18.9 Å². The van der Waals surface area contributed by atoms with E-state index in [1.165, 1.54) is 0 Å². The van der Waals surface area contributed by atoms with Crippen molar-refractivity contribution >= 4 is 45.2 Å². The summed E-state index contributed by atoms with van der Waals surface area (Å²) in [7, 11) is 3.32. The molecule has 0 saturated carbocycles. The fraction of sp³-hybridized carbons (Fsp3) is 0.500. The highest BCUT2D eigenvalue weighted by Gasteiger charge is 2.08. The Morgan fingerprint density at radius 2 is 1.17 bits per heavy atom. The molecule has 0 aliphatic rings. The monoisotopic (exact) mass is 478 g/mol. The van der Waals surface area contributed by atoms with Crippen LogP contribution in [0.4, 0.5) is 0 Å². The summed E-state index contributed by atoms with van der Waals surface area (Å²) < 4.78 is 23.2. The molecule has 0 heterocycles. The first-order valence-electron chi connectivity index (χ1n) is 5.41. The van der Waals surface area contributed by atoms with Crippen molar-refractivity contribution in [2.75, 3.05) is 40.6 Å². The van der Waals surface area contributed by atoms with Crippen LogP contribution in [0, 0.1) is 7.14 Å². The van der Waals surface area contributed by atoms with Crippen molar-refractivity contribution < 1.29 is 18.9 Å². The van der Waals surface area contributed by atoms with Crippen LogP contribution in [0.15, 0.2) is 12.1 Å². The van der Waals surface area contributed by atoms with E-state index < -0.39 is 0 Å². The molecule has 6 heteroatoms. The lowest BCUT2D eigenvalue weighted by Gasteiger charge is -2.12. The van der Waals surface area contributed by atoms with Gasteiger partial charge in [0.2, 0.25) is 0 Å². The van der Waals surface area contributed by atoms with Gasteiger partial charge in [-0.3, -0.25) is 0 Å². The summed E-state index contributed by atoms with van der Waals surface area (Å²) in [4.78, 5) is 0. The van der Waals surface area contributed by atoms with Gasteiger partial charge in [0, 0.05) is 14.2 Å². The fourth-order valence-corrected chi connectivity index (χ4v) is 2.39. The maximum absolute atomic E-state index is 5.62. The molecule has 0 amide bonds. The lowest BCUT2D eigenvalue weighted by Crippen LogP contribution is -2.07. The Bertz CT molecular complexity index is 336. The zero-order valence-electron chi connectivity index (χ0n) is 10.4. The first-order valence-corrected chi connectivity index (χ1v) is 7.57. The van der Waals surface area contributed by atoms with Gasteiger partial charge in [0.15, 0.2) is 0 Å². The maximum atomic E-state index is 5.62. The third kappa shape index (κ3) is 5.45. The van der Waals surface area contributed by atoms with E-state index in [1.54, 1.807) is 14.2 Å². The summed E-state index contributed by atoms with van der Waals surface area (Å²) in [5.41, 5.74) is 0. The van der Waals surface area contributed by atoms with E-state index in [9.17, 15) is 0 Å². The van der Waals surface area contributed by atoms with E-state index in [0.29, 0.717) is 26.4 Å². The minimum Gasteiger partial charge on any atom is -0.490 e. The Kier molecular flexibility index (Phi) is 8.27. The van der Waals surface area contributed by atoms with Crippen LogP contribution < -0.4 is 9.47 Å². The number of hydrogen-bond acceptors (Lipinski definition) is 4. The Morgan fingerprint density at radius 1 is 0.778 bits per heavy atom. The molecule has 0 spiro atoms. The molecular formula is C12H16I2O4. The Balaban J connectivity index is 2.64. The second kappa shape index (κ2) is 9.16. The largest absolute Gasteiger partial charge is 0.490 e. The molecule has 0 aliphatic carbocycles. The summed E-state index contributed by atoms with van der Waals surface area (Å²) in [5.74, 6) is 1.72. The van der Waals surface area contributed by atoms with E-state index in [2.05, 4.69) is 45.2 Å². The van der Waals surface area contributed by atoms with Crippen molar-refractivity contribution in [2.24, 2.45) is 0 Å². The van der Waals surface area contributed by atoms with Gasteiger partial charge in [0.25, 0.3) is 0 Å². The predicted octanol–water partition coefficient (Wildman–Crippen LogP) is 2.95. The van der Waals surface area contributed by atoms with Gasteiger partial charge >= 0.3 is 0 Å².